The van der Waals surface area contributed by atoms with Crippen LogP contribution in [0.3, 0.4) is 0 Å². The lowest BCUT2D eigenvalue weighted by Crippen LogP contribution is -2.15. The lowest BCUT2D eigenvalue weighted by Gasteiger charge is -2.07. The number of hydrogen-bond donors (Lipinski definition) is 2. The van der Waals surface area contributed by atoms with Crippen LogP contribution in [0.15, 0.2) is 35.7 Å². The molecule has 0 saturated heterocycles. The zero-order valence-electron chi connectivity index (χ0n) is 14.9. The third-order valence-corrected chi connectivity index (χ3v) is 4.38. The quantitative estimate of drug-likeness (QED) is 0.317. The smallest absolute Gasteiger partial charge is 0.249 e. The molecule has 3 aromatic rings. The molecular formula is C19H20N4O3. The second-order valence-corrected chi connectivity index (χ2v) is 6.14. The van der Waals surface area contributed by atoms with Gasteiger partial charge in [-0.3, -0.25) is 14.6 Å². The van der Waals surface area contributed by atoms with Crippen LogP contribution in [0.25, 0.3) is 21.8 Å². The van der Waals surface area contributed by atoms with Gasteiger partial charge in [-0.15, -0.1) is 0 Å². The fourth-order valence-corrected chi connectivity index (χ4v) is 2.70. The van der Waals surface area contributed by atoms with Crippen molar-refractivity contribution in [3.05, 3.63) is 41.7 Å². The summed E-state index contributed by atoms with van der Waals surface area (Å²) < 4.78 is 4.80. The standard InChI is InChI=1S/C19H20N4O3/c1-4-10(2)19(25)23-14-8-12(20)17-16-11(9-21-17)7-13(22-18(14)16)15(24)5-6-26-3/h5-10,22H,4,20H2,1-3H3. The van der Waals surface area contributed by atoms with E-state index in [0.29, 0.717) is 34.2 Å². The predicted molar refractivity (Wildman–Crippen MR) is 99.7 cm³/mol. The largest absolute Gasteiger partial charge is 0.504 e. The van der Waals surface area contributed by atoms with Crippen molar-refractivity contribution >= 4 is 39.2 Å². The molecule has 1 amide bonds. The minimum atomic E-state index is -0.261. The van der Waals surface area contributed by atoms with Crippen molar-refractivity contribution in [2.45, 2.75) is 20.3 Å². The maximum atomic E-state index is 12.3. The van der Waals surface area contributed by atoms with E-state index < -0.39 is 0 Å². The Hall–Kier alpha value is -3.22. The van der Waals surface area contributed by atoms with Crippen molar-refractivity contribution < 1.29 is 14.3 Å². The average molecular weight is 352 g/mol. The van der Waals surface area contributed by atoms with Crippen LogP contribution >= 0.6 is 0 Å². The number of amides is 1. The highest BCUT2D eigenvalue weighted by molar-refractivity contribution is 6.15. The van der Waals surface area contributed by atoms with E-state index in [2.05, 4.69) is 15.0 Å². The number of nitrogens with two attached hydrogens (primary N) is 1. The number of methoxy groups -OCH3 is 1. The highest BCUT2D eigenvalue weighted by atomic mass is 16.5. The molecule has 0 aliphatic heterocycles. The number of carbonyl (C=O) groups is 2. The maximum absolute atomic E-state index is 12.3. The Kier molecular flexibility index (Phi) is 4.71. The molecule has 0 saturated carbocycles. The Labute approximate surface area is 149 Å². The van der Waals surface area contributed by atoms with E-state index in [1.165, 1.54) is 19.4 Å². The van der Waals surface area contributed by atoms with E-state index in [4.69, 9.17) is 10.5 Å². The van der Waals surface area contributed by atoms with Gasteiger partial charge < -0.3 is 15.5 Å². The van der Waals surface area contributed by atoms with Crippen molar-refractivity contribution in [3.63, 3.8) is 0 Å². The number of ketones is 1. The lowest BCUT2D eigenvalue weighted by atomic mass is 10.1. The molecule has 1 aromatic carbocycles. The Balaban J connectivity index is 2.30. The van der Waals surface area contributed by atoms with Gasteiger partial charge >= 0.3 is 0 Å². The number of rotatable bonds is 5. The van der Waals surface area contributed by atoms with Crippen molar-refractivity contribution in [3.8, 4) is 0 Å². The molecule has 3 rings (SSSR count). The maximum Gasteiger partial charge on any atom is 0.249 e. The minimum absolute atomic E-state index is 0.193. The van der Waals surface area contributed by atoms with E-state index in [0.717, 1.165) is 10.8 Å². The van der Waals surface area contributed by atoms with Crippen LogP contribution in [0.5, 0.6) is 0 Å². The number of benzene rings is 1. The van der Waals surface area contributed by atoms with Crippen LogP contribution in [0.1, 0.15) is 30.8 Å². The van der Waals surface area contributed by atoms with Gasteiger partial charge in [0.1, 0.15) is 0 Å². The molecule has 0 bridgehead atoms. The number of nitrogens with zero attached hydrogens (tertiary/aromatic N) is 2. The topological polar surface area (TPSA) is 110 Å². The molecule has 0 radical (unpaired) electrons. The number of aromatic nitrogens is 2. The van der Waals surface area contributed by atoms with Gasteiger partial charge in [-0.25, -0.2) is 4.99 Å². The van der Waals surface area contributed by atoms with E-state index >= 15 is 0 Å². The molecule has 2 heterocycles. The summed E-state index contributed by atoms with van der Waals surface area (Å²) in [4.78, 5) is 36.3. The second-order valence-electron chi connectivity index (χ2n) is 6.14. The van der Waals surface area contributed by atoms with Crippen LogP contribution in [0.2, 0.25) is 0 Å². The summed E-state index contributed by atoms with van der Waals surface area (Å²) in [5.41, 5.74) is 8.05. The van der Waals surface area contributed by atoms with E-state index in [1.54, 1.807) is 18.3 Å². The fourth-order valence-electron chi connectivity index (χ4n) is 2.70. The van der Waals surface area contributed by atoms with E-state index in [9.17, 15) is 9.59 Å². The summed E-state index contributed by atoms with van der Waals surface area (Å²) >= 11 is 0. The number of pyridine rings is 1. The summed E-state index contributed by atoms with van der Waals surface area (Å²) in [5.74, 6) is -0.684. The number of carbonyl (C=O) groups excluding carboxylic acids is 2. The van der Waals surface area contributed by atoms with E-state index in [-0.39, 0.29) is 17.6 Å². The molecule has 1 unspecified atom stereocenters. The number of H-pyrrole nitrogens is 1. The molecule has 0 aliphatic carbocycles. The summed E-state index contributed by atoms with van der Waals surface area (Å²) in [6, 6.07) is 3.31. The molecule has 1 atom stereocenters. The summed E-state index contributed by atoms with van der Waals surface area (Å²) in [7, 11) is 1.46. The Bertz CT molecular complexity index is 1080. The Morgan fingerprint density at radius 3 is 2.88 bits per heavy atom. The minimum Gasteiger partial charge on any atom is -0.504 e. The van der Waals surface area contributed by atoms with Gasteiger partial charge in [0.2, 0.25) is 11.7 Å². The summed E-state index contributed by atoms with van der Waals surface area (Å²) in [6.07, 6.45) is 4.96. The molecule has 2 aromatic heterocycles. The third-order valence-electron chi connectivity index (χ3n) is 4.38. The molecular weight excluding hydrogens is 332 g/mol. The molecule has 0 spiro atoms. The molecule has 0 aliphatic rings. The van der Waals surface area contributed by atoms with Gasteiger partial charge in [0.05, 0.1) is 41.1 Å². The highest BCUT2D eigenvalue weighted by Gasteiger charge is 2.16. The van der Waals surface area contributed by atoms with Crippen LogP contribution in [-0.4, -0.2) is 28.8 Å². The van der Waals surface area contributed by atoms with Crippen molar-refractivity contribution in [1.82, 2.24) is 9.97 Å². The van der Waals surface area contributed by atoms with Crippen LogP contribution in [-0.2, 0) is 9.53 Å². The van der Waals surface area contributed by atoms with Gasteiger partial charge in [0, 0.05) is 29.0 Å². The normalized spacial score (nSPS) is 13.7. The zero-order chi connectivity index (χ0) is 18.8. The van der Waals surface area contributed by atoms with Crippen LogP contribution in [0, 0.1) is 5.92 Å². The first-order valence-corrected chi connectivity index (χ1v) is 8.32. The first-order valence-electron chi connectivity index (χ1n) is 8.32. The number of ether oxygens (including phenoxy) is 1. The summed E-state index contributed by atoms with van der Waals surface area (Å²) in [5, 5.41) is 1.92. The average Bonchev–Trinajstić information content (AvgIpc) is 3.07. The number of allylic oxidation sites excluding steroid dienone is 1. The number of nitrogens with one attached hydrogen (secondary N) is 1. The first kappa shape index (κ1) is 17.6. The number of nitrogen functional groups attached to an aromatic ring is 1. The Morgan fingerprint density at radius 2 is 2.19 bits per heavy atom. The Morgan fingerprint density at radius 1 is 1.42 bits per heavy atom. The first-order chi connectivity index (χ1) is 12.5. The highest BCUT2D eigenvalue weighted by Crippen LogP contribution is 2.27. The molecule has 134 valence electrons. The van der Waals surface area contributed by atoms with Crippen molar-refractivity contribution in [2.75, 3.05) is 12.8 Å². The van der Waals surface area contributed by atoms with Gasteiger partial charge in [-0.2, -0.15) is 0 Å². The number of hydrogen-bond acceptors (Lipinski definition) is 5. The zero-order valence-corrected chi connectivity index (χ0v) is 14.9. The summed E-state index contributed by atoms with van der Waals surface area (Å²) in [6.45, 7) is 3.76. The molecule has 26 heavy (non-hydrogen) atoms. The van der Waals surface area contributed by atoms with Gasteiger partial charge in [0.15, 0.2) is 0 Å². The monoisotopic (exact) mass is 352 g/mol. The molecule has 7 nitrogen and oxygen atoms in total. The van der Waals surface area contributed by atoms with Gasteiger partial charge in [-0.1, -0.05) is 13.8 Å². The number of aromatic amines is 1. The predicted octanol–water partition coefficient (Wildman–Crippen LogP) is 2.55. The number of anilines is 1. The fraction of sp³-hybridized carbons (Fsp3) is 0.263. The third kappa shape index (κ3) is 3.03. The van der Waals surface area contributed by atoms with Crippen LogP contribution < -0.4 is 11.1 Å². The van der Waals surface area contributed by atoms with Crippen molar-refractivity contribution in [2.24, 2.45) is 10.9 Å². The molecule has 7 heteroatoms. The molecule has 0 fully saturated rings. The van der Waals surface area contributed by atoms with Crippen molar-refractivity contribution in [1.29, 1.82) is 0 Å². The van der Waals surface area contributed by atoms with E-state index in [1.807, 2.05) is 13.8 Å². The molecule has 3 N–H and O–H groups in total. The SMILES string of the molecule is CCC(C)C(=O)N=c1cc(N)c2ncc3cc(C(=O)C=COC)[nH]c1c32. The lowest BCUT2D eigenvalue weighted by molar-refractivity contribution is -0.121. The van der Waals surface area contributed by atoms with Crippen LogP contribution in [0.4, 0.5) is 5.69 Å². The van der Waals surface area contributed by atoms with Gasteiger partial charge in [-0.05, 0) is 18.6 Å². The van der Waals surface area contributed by atoms with Gasteiger partial charge in [0.25, 0.3) is 0 Å². The second kappa shape index (κ2) is 6.95.